The Morgan fingerprint density at radius 2 is 1.69 bits per heavy atom. The molecule has 3 heteroatoms. The highest BCUT2D eigenvalue weighted by Gasteiger charge is 1.95. The predicted octanol–water partition coefficient (Wildman–Crippen LogP) is 4.35. The number of hydrogen-bond donors (Lipinski definition) is 0. The molecule has 0 aliphatic rings. The molecule has 0 saturated carbocycles. The Morgan fingerprint density at radius 1 is 1.12 bits per heavy atom. The SMILES string of the molecule is CCCCCCCCC/C(C)=C/C[N+](=O)[O-]. The van der Waals surface area contributed by atoms with E-state index in [4.69, 9.17) is 0 Å². The molecule has 16 heavy (non-hydrogen) atoms. The highest BCUT2D eigenvalue weighted by atomic mass is 16.6. The quantitative estimate of drug-likeness (QED) is 0.241. The van der Waals surface area contributed by atoms with Gasteiger partial charge < -0.3 is 0 Å². The summed E-state index contributed by atoms with van der Waals surface area (Å²) in [5.41, 5.74) is 1.16. The van der Waals surface area contributed by atoms with E-state index in [-0.39, 0.29) is 11.5 Å². The van der Waals surface area contributed by atoms with Crippen LogP contribution in [0.4, 0.5) is 0 Å². The third kappa shape index (κ3) is 11.2. The van der Waals surface area contributed by atoms with Gasteiger partial charge in [0.1, 0.15) is 0 Å². The van der Waals surface area contributed by atoms with Crippen LogP contribution in [-0.2, 0) is 0 Å². The van der Waals surface area contributed by atoms with E-state index >= 15 is 0 Å². The standard InChI is InChI=1S/C13H25NO2/c1-3-4-5-6-7-8-9-10-13(2)11-12-14(15)16/h11H,3-10,12H2,1-2H3/b13-11+. The fourth-order valence-corrected chi connectivity index (χ4v) is 1.69. The van der Waals surface area contributed by atoms with Crippen LogP contribution in [0.25, 0.3) is 0 Å². The van der Waals surface area contributed by atoms with Gasteiger partial charge in [-0.05, 0) is 25.8 Å². The Morgan fingerprint density at radius 3 is 2.25 bits per heavy atom. The molecule has 94 valence electrons. The van der Waals surface area contributed by atoms with Gasteiger partial charge in [-0.25, -0.2) is 0 Å². The van der Waals surface area contributed by atoms with Crippen LogP contribution in [0.1, 0.15) is 65.2 Å². The predicted molar refractivity (Wildman–Crippen MR) is 68.2 cm³/mol. The molecule has 0 heterocycles. The number of nitro groups is 1. The first-order valence-corrected chi connectivity index (χ1v) is 6.44. The number of nitrogens with zero attached hydrogens (tertiary/aromatic N) is 1. The van der Waals surface area contributed by atoms with E-state index in [1.54, 1.807) is 6.08 Å². The van der Waals surface area contributed by atoms with Crippen molar-refractivity contribution >= 4 is 0 Å². The molecule has 0 amide bonds. The van der Waals surface area contributed by atoms with E-state index < -0.39 is 0 Å². The van der Waals surface area contributed by atoms with Gasteiger partial charge in [0.2, 0.25) is 6.54 Å². The third-order valence-electron chi connectivity index (χ3n) is 2.76. The van der Waals surface area contributed by atoms with Crippen LogP contribution >= 0.6 is 0 Å². The van der Waals surface area contributed by atoms with Gasteiger partial charge in [0.05, 0.1) is 0 Å². The first-order valence-electron chi connectivity index (χ1n) is 6.44. The van der Waals surface area contributed by atoms with Crippen molar-refractivity contribution in [3.8, 4) is 0 Å². The minimum Gasteiger partial charge on any atom is -0.264 e. The zero-order valence-electron chi connectivity index (χ0n) is 10.7. The maximum atomic E-state index is 10.1. The van der Waals surface area contributed by atoms with E-state index in [0.717, 1.165) is 12.0 Å². The smallest absolute Gasteiger partial charge is 0.222 e. The van der Waals surface area contributed by atoms with E-state index in [2.05, 4.69) is 6.92 Å². The van der Waals surface area contributed by atoms with Gasteiger partial charge in [-0.15, -0.1) is 0 Å². The van der Waals surface area contributed by atoms with Crippen LogP contribution < -0.4 is 0 Å². The van der Waals surface area contributed by atoms with Gasteiger partial charge in [-0.2, -0.15) is 0 Å². The molecular weight excluding hydrogens is 202 g/mol. The molecule has 0 saturated heterocycles. The van der Waals surface area contributed by atoms with Gasteiger partial charge >= 0.3 is 0 Å². The molecule has 0 aliphatic heterocycles. The fraction of sp³-hybridized carbons (Fsp3) is 0.846. The van der Waals surface area contributed by atoms with Crippen molar-refractivity contribution in [3.63, 3.8) is 0 Å². The molecule has 0 unspecified atom stereocenters. The Labute approximate surface area is 99.1 Å². The lowest BCUT2D eigenvalue weighted by Gasteiger charge is -2.01. The maximum Gasteiger partial charge on any atom is 0.222 e. The summed E-state index contributed by atoms with van der Waals surface area (Å²) in [6, 6.07) is 0. The second-order valence-electron chi connectivity index (χ2n) is 4.44. The lowest BCUT2D eigenvalue weighted by molar-refractivity contribution is -0.468. The summed E-state index contributed by atoms with van der Waals surface area (Å²) in [5.74, 6) is 0. The second-order valence-corrected chi connectivity index (χ2v) is 4.44. The summed E-state index contributed by atoms with van der Waals surface area (Å²) in [7, 11) is 0. The Balaban J connectivity index is 3.30. The van der Waals surface area contributed by atoms with Crippen LogP contribution in [0.3, 0.4) is 0 Å². The van der Waals surface area contributed by atoms with Crippen LogP contribution in [0.5, 0.6) is 0 Å². The number of unbranched alkanes of at least 4 members (excludes halogenated alkanes) is 6. The number of rotatable bonds is 10. The largest absolute Gasteiger partial charge is 0.264 e. The van der Waals surface area contributed by atoms with E-state index in [9.17, 15) is 10.1 Å². The number of allylic oxidation sites excluding steroid dienone is 1. The van der Waals surface area contributed by atoms with Crippen LogP contribution in [0, 0.1) is 10.1 Å². The zero-order valence-corrected chi connectivity index (χ0v) is 10.7. The van der Waals surface area contributed by atoms with E-state index in [0.29, 0.717) is 0 Å². The highest BCUT2D eigenvalue weighted by Crippen LogP contribution is 2.11. The summed E-state index contributed by atoms with van der Waals surface area (Å²) in [4.78, 5) is 9.86. The molecule has 0 N–H and O–H groups in total. The summed E-state index contributed by atoms with van der Waals surface area (Å²) in [6.45, 7) is 4.19. The minimum absolute atomic E-state index is 0.0255. The third-order valence-corrected chi connectivity index (χ3v) is 2.76. The van der Waals surface area contributed by atoms with Gasteiger partial charge in [0, 0.05) is 4.92 Å². The molecule has 0 fully saturated rings. The molecule has 0 aromatic heterocycles. The Hall–Kier alpha value is -0.860. The molecule has 0 radical (unpaired) electrons. The summed E-state index contributed by atoms with van der Waals surface area (Å²) < 4.78 is 0. The van der Waals surface area contributed by atoms with E-state index in [1.165, 1.54) is 44.9 Å². The molecule has 0 aromatic carbocycles. The normalized spacial score (nSPS) is 11.8. The van der Waals surface area contributed by atoms with Crippen LogP contribution in [-0.4, -0.2) is 11.5 Å². The molecule has 0 atom stereocenters. The topological polar surface area (TPSA) is 43.1 Å². The average Bonchev–Trinajstić information content (AvgIpc) is 2.25. The van der Waals surface area contributed by atoms with Gasteiger partial charge in [-0.3, -0.25) is 10.1 Å². The van der Waals surface area contributed by atoms with Crippen LogP contribution in [0.15, 0.2) is 11.6 Å². The van der Waals surface area contributed by atoms with Crippen molar-refractivity contribution in [1.82, 2.24) is 0 Å². The molecule has 0 bridgehead atoms. The molecule has 0 aromatic rings. The molecule has 0 spiro atoms. The van der Waals surface area contributed by atoms with Gasteiger partial charge in [-0.1, -0.05) is 51.0 Å². The zero-order chi connectivity index (χ0) is 12.2. The molecule has 3 nitrogen and oxygen atoms in total. The van der Waals surface area contributed by atoms with Crippen molar-refractivity contribution in [2.45, 2.75) is 65.2 Å². The lowest BCUT2D eigenvalue weighted by Crippen LogP contribution is -1.97. The summed E-state index contributed by atoms with van der Waals surface area (Å²) in [5, 5.41) is 10.1. The minimum atomic E-state index is -0.283. The van der Waals surface area contributed by atoms with Crippen molar-refractivity contribution < 1.29 is 4.92 Å². The van der Waals surface area contributed by atoms with Gasteiger partial charge in [0.15, 0.2) is 0 Å². The molecular formula is C13H25NO2. The highest BCUT2D eigenvalue weighted by molar-refractivity contribution is 4.97. The maximum absolute atomic E-state index is 10.1. The molecule has 0 aliphatic carbocycles. The van der Waals surface area contributed by atoms with Gasteiger partial charge in [0.25, 0.3) is 0 Å². The molecule has 0 rings (SSSR count). The van der Waals surface area contributed by atoms with Crippen molar-refractivity contribution in [2.75, 3.05) is 6.54 Å². The second kappa shape index (κ2) is 10.7. The lowest BCUT2D eigenvalue weighted by atomic mass is 10.1. The summed E-state index contributed by atoms with van der Waals surface area (Å²) in [6.07, 6.45) is 11.8. The van der Waals surface area contributed by atoms with E-state index in [1.807, 2.05) is 6.92 Å². The van der Waals surface area contributed by atoms with Crippen molar-refractivity contribution in [3.05, 3.63) is 21.8 Å². The number of hydrogen-bond acceptors (Lipinski definition) is 2. The first-order chi connectivity index (χ1) is 7.66. The summed E-state index contributed by atoms with van der Waals surface area (Å²) >= 11 is 0. The average molecular weight is 227 g/mol. The van der Waals surface area contributed by atoms with Crippen LogP contribution in [0.2, 0.25) is 0 Å². The fourth-order valence-electron chi connectivity index (χ4n) is 1.69. The van der Waals surface area contributed by atoms with Crippen molar-refractivity contribution in [1.29, 1.82) is 0 Å². The monoisotopic (exact) mass is 227 g/mol. The van der Waals surface area contributed by atoms with Crippen molar-refractivity contribution in [2.24, 2.45) is 0 Å². The Bertz CT molecular complexity index is 212. The Kier molecular flexibility index (Phi) is 10.1. The first kappa shape index (κ1) is 15.1.